The summed E-state index contributed by atoms with van der Waals surface area (Å²) in [5.41, 5.74) is 2.92. The number of imide groups is 1. The minimum atomic E-state index is -0.302. The van der Waals surface area contributed by atoms with Crippen LogP contribution in [0.5, 0.6) is 11.5 Å². The van der Waals surface area contributed by atoms with Gasteiger partial charge in [-0.05, 0) is 26.0 Å². The molecule has 0 unspecified atom stereocenters. The maximum absolute atomic E-state index is 13.2. The van der Waals surface area contributed by atoms with E-state index in [4.69, 9.17) is 9.47 Å². The van der Waals surface area contributed by atoms with E-state index in [1.165, 1.54) is 23.2 Å². The van der Waals surface area contributed by atoms with Gasteiger partial charge >= 0.3 is 0 Å². The molecule has 5 heteroatoms. The molecule has 0 aromatic heterocycles. The number of anilines is 1. The van der Waals surface area contributed by atoms with Crippen LogP contribution in [0.1, 0.15) is 13.8 Å². The number of methoxy groups -OCH3 is 2. The first-order valence-corrected chi connectivity index (χ1v) is 8.45. The number of nitrogens with zero attached hydrogens (tertiary/aromatic N) is 1. The van der Waals surface area contributed by atoms with Crippen LogP contribution in [0.15, 0.2) is 41.5 Å². The van der Waals surface area contributed by atoms with Crippen LogP contribution in [0.2, 0.25) is 0 Å². The minimum absolute atomic E-state index is 0.0399. The van der Waals surface area contributed by atoms with Gasteiger partial charge in [0.2, 0.25) is 11.8 Å². The fourth-order valence-corrected chi connectivity index (χ4v) is 4.64. The molecular weight excluding hydrogens is 318 g/mol. The van der Waals surface area contributed by atoms with Crippen molar-refractivity contribution in [1.82, 2.24) is 0 Å². The van der Waals surface area contributed by atoms with E-state index in [-0.39, 0.29) is 35.5 Å². The van der Waals surface area contributed by atoms with Crippen molar-refractivity contribution in [1.29, 1.82) is 0 Å². The quantitative estimate of drug-likeness (QED) is 0.627. The average Bonchev–Trinajstić information content (AvgIpc) is 3.24. The summed E-state index contributed by atoms with van der Waals surface area (Å²) in [6.07, 6.45) is 4.18. The second-order valence-electron chi connectivity index (χ2n) is 6.99. The number of hydrogen-bond donors (Lipinski definition) is 0. The van der Waals surface area contributed by atoms with Gasteiger partial charge in [-0.15, -0.1) is 0 Å². The van der Waals surface area contributed by atoms with Gasteiger partial charge in [0.25, 0.3) is 0 Å². The van der Waals surface area contributed by atoms with Crippen molar-refractivity contribution < 1.29 is 19.1 Å². The van der Waals surface area contributed by atoms with E-state index in [1.807, 2.05) is 0 Å². The molecule has 2 amide bonds. The molecule has 2 aliphatic carbocycles. The van der Waals surface area contributed by atoms with Gasteiger partial charge in [0.05, 0.1) is 31.7 Å². The van der Waals surface area contributed by atoms with E-state index in [2.05, 4.69) is 26.0 Å². The van der Waals surface area contributed by atoms with Crippen LogP contribution in [0.25, 0.3) is 0 Å². The van der Waals surface area contributed by atoms with Crippen LogP contribution >= 0.6 is 0 Å². The van der Waals surface area contributed by atoms with E-state index < -0.39 is 0 Å². The lowest BCUT2D eigenvalue weighted by Gasteiger charge is -2.21. The average molecular weight is 339 g/mol. The summed E-state index contributed by atoms with van der Waals surface area (Å²) < 4.78 is 10.6. The van der Waals surface area contributed by atoms with Crippen LogP contribution < -0.4 is 14.4 Å². The summed E-state index contributed by atoms with van der Waals surface area (Å²) in [6, 6.07) is 5.16. The van der Waals surface area contributed by atoms with E-state index in [1.54, 1.807) is 25.3 Å². The highest BCUT2D eigenvalue weighted by molar-refractivity contribution is 6.24. The predicted molar refractivity (Wildman–Crippen MR) is 93.5 cm³/mol. The third-order valence-electron chi connectivity index (χ3n) is 5.62. The van der Waals surface area contributed by atoms with Gasteiger partial charge in [0, 0.05) is 17.9 Å². The van der Waals surface area contributed by atoms with Gasteiger partial charge in [-0.25, -0.2) is 4.90 Å². The number of ether oxygens (including phenoxy) is 2. The number of benzene rings is 1. The predicted octanol–water partition coefficient (Wildman–Crippen LogP) is 2.96. The van der Waals surface area contributed by atoms with Crippen molar-refractivity contribution in [3.8, 4) is 11.5 Å². The van der Waals surface area contributed by atoms with E-state index in [0.717, 1.165) is 0 Å². The number of carbonyl (C=O) groups excluding carboxylic acids is 2. The number of amides is 2. The molecule has 0 radical (unpaired) electrons. The first kappa shape index (κ1) is 15.9. The largest absolute Gasteiger partial charge is 0.497 e. The number of fused-ring (bicyclic) bond motifs is 5. The Morgan fingerprint density at radius 1 is 0.960 bits per heavy atom. The highest BCUT2D eigenvalue weighted by atomic mass is 16.5. The molecule has 1 saturated heterocycles. The van der Waals surface area contributed by atoms with Crippen LogP contribution in [-0.2, 0) is 9.59 Å². The molecule has 2 bridgehead atoms. The summed E-state index contributed by atoms with van der Waals surface area (Å²) in [4.78, 5) is 27.6. The third kappa shape index (κ3) is 2.01. The third-order valence-corrected chi connectivity index (χ3v) is 5.62. The highest BCUT2D eigenvalue weighted by Gasteiger charge is 2.62. The van der Waals surface area contributed by atoms with Gasteiger partial charge in [0.15, 0.2) is 0 Å². The van der Waals surface area contributed by atoms with Gasteiger partial charge in [-0.2, -0.15) is 0 Å². The van der Waals surface area contributed by atoms with Gasteiger partial charge in [-0.3, -0.25) is 9.59 Å². The fraction of sp³-hybridized carbons (Fsp3) is 0.400. The van der Waals surface area contributed by atoms with Crippen molar-refractivity contribution >= 4 is 17.5 Å². The van der Waals surface area contributed by atoms with E-state index in [9.17, 15) is 9.59 Å². The topological polar surface area (TPSA) is 55.8 Å². The summed E-state index contributed by atoms with van der Waals surface area (Å²) in [5, 5.41) is 0. The Morgan fingerprint density at radius 3 is 2.04 bits per heavy atom. The van der Waals surface area contributed by atoms with Crippen LogP contribution in [0.4, 0.5) is 5.69 Å². The highest BCUT2D eigenvalue weighted by Crippen LogP contribution is 2.57. The maximum atomic E-state index is 13.2. The zero-order chi connectivity index (χ0) is 17.9. The lowest BCUT2D eigenvalue weighted by atomic mass is 9.85. The van der Waals surface area contributed by atoms with E-state index in [0.29, 0.717) is 17.2 Å². The molecule has 4 atom stereocenters. The molecule has 1 saturated carbocycles. The number of carbonyl (C=O) groups is 2. The van der Waals surface area contributed by atoms with Crippen molar-refractivity contribution in [3.63, 3.8) is 0 Å². The molecule has 0 spiro atoms. The summed E-state index contributed by atoms with van der Waals surface area (Å²) >= 11 is 0. The molecule has 130 valence electrons. The van der Waals surface area contributed by atoms with Gasteiger partial charge in [0.1, 0.15) is 11.5 Å². The lowest BCUT2D eigenvalue weighted by molar-refractivity contribution is -0.123. The number of rotatable bonds is 3. The second kappa shape index (κ2) is 5.48. The Morgan fingerprint density at radius 2 is 1.56 bits per heavy atom. The summed E-state index contributed by atoms with van der Waals surface area (Å²) in [7, 11) is 3.09. The molecule has 5 nitrogen and oxygen atoms in total. The van der Waals surface area contributed by atoms with Gasteiger partial charge in [-0.1, -0.05) is 23.3 Å². The SMILES string of the molecule is COc1ccc(OC)c(N2C(=O)[C@@H]3[C@H](C2=O)[C@H]2C=C[C@H]3C2=C(C)C)c1. The Kier molecular flexibility index (Phi) is 3.49. The first-order chi connectivity index (χ1) is 12.0. The molecule has 4 rings (SSSR count). The standard InChI is InChI=1S/C20H21NO4/c1-10(2)16-12-6-7-13(16)18-17(12)19(22)21(20(18)23)14-9-11(24-3)5-8-15(14)25-4/h5-9,12-13,17-18H,1-4H3/t12-,13-,17-,18+/m0/s1. The zero-order valence-electron chi connectivity index (χ0n) is 14.8. The summed E-state index contributed by atoms with van der Waals surface area (Å²) in [5.74, 6) is 0.266. The normalized spacial score (nSPS) is 29.4. The van der Waals surface area contributed by atoms with Crippen LogP contribution in [-0.4, -0.2) is 26.0 Å². The Bertz CT molecular complexity index is 800. The Balaban J connectivity index is 1.79. The molecule has 1 aliphatic heterocycles. The van der Waals surface area contributed by atoms with Crippen molar-refractivity contribution in [2.24, 2.45) is 23.7 Å². The Hall–Kier alpha value is -2.56. The monoisotopic (exact) mass is 339 g/mol. The van der Waals surface area contributed by atoms with Gasteiger partial charge < -0.3 is 9.47 Å². The van der Waals surface area contributed by atoms with Crippen molar-refractivity contribution in [2.45, 2.75) is 13.8 Å². The lowest BCUT2D eigenvalue weighted by Crippen LogP contribution is -2.33. The molecule has 0 N–H and O–H groups in total. The summed E-state index contributed by atoms with van der Waals surface area (Å²) in [6.45, 7) is 4.11. The van der Waals surface area contributed by atoms with Crippen LogP contribution in [0, 0.1) is 23.7 Å². The molecule has 1 aromatic carbocycles. The Labute approximate surface area is 146 Å². The molecule has 1 heterocycles. The second-order valence-corrected chi connectivity index (χ2v) is 6.99. The number of allylic oxidation sites excluding steroid dienone is 4. The molecule has 25 heavy (non-hydrogen) atoms. The molecular formula is C20H21NO4. The maximum Gasteiger partial charge on any atom is 0.238 e. The molecule has 2 fully saturated rings. The number of hydrogen-bond acceptors (Lipinski definition) is 4. The molecule has 1 aromatic rings. The van der Waals surface area contributed by atoms with E-state index >= 15 is 0 Å². The fourth-order valence-electron chi connectivity index (χ4n) is 4.64. The first-order valence-electron chi connectivity index (χ1n) is 8.45. The molecule has 3 aliphatic rings. The van der Waals surface area contributed by atoms with Crippen LogP contribution in [0.3, 0.4) is 0 Å². The van der Waals surface area contributed by atoms with Crippen molar-refractivity contribution in [3.05, 3.63) is 41.5 Å². The van der Waals surface area contributed by atoms with Crippen molar-refractivity contribution in [2.75, 3.05) is 19.1 Å². The zero-order valence-corrected chi connectivity index (χ0v) is 14.8. The smallest absolute Gasteiger partial charge is 0.238 e. The minimum Gasteiger partial charge on any atom is -0.497 e.